The summed E-state index contributed by atoms with van der Waals surface area (Å²) in [7, 11) is 0. The Bertz CT molecular complexity index is 2980. The highest BCUT2D eigenvalue weighted by molar-refractivity contribution is 7.09. The number of amides is 6. The van der Waals surface area contributed by atoms with E-state index in [1.165, 1.54) is 18.3 Å². The monoisotopic (exact) mass is 1060 g/mol. The highest BCUT2D eigenvalue weighted by Gasteiger charge is 2.41. The van der Waals surface area contributed by atoms with E-state index in [4.69, 9.17) is 9.47 Å². The van der Waals surface area contributed by atoms with Gasteiger partial charge < -0.3 is 46.5 Å². The highest BCUT2D eigenvalue weighted by Crippen LogP contribution is 2.21. The summed E-state index contributed by atoms with van der Waals surface area (Å²) in [6.45, 7) is 5.19. The number of carboxylic acids is 1. The molecule has 77 heavy (non-hydrogen) atoms. The lowest BCUT2D eigenvalue weighted by Crippen LogP contribution is -2.60. The van der Waals surface area contributed by atoms with Crippen LogP contribution in [0, 0.1) is 6.92 Å². The number of anilines is 1. The number of carbonyl (C=O) groups excluding carboxylic acids is 8. The summed E-state index contributed by atoms with van der Waals surface area (Å²) in [5.74, 6) is -8.83. The fourth-order valence-electron chi connectivity index (χ4n) is 8.05. The molecule has 19 heteroatoms. The van der Waals surface area contributed by atoms with Gasteiger partial charge in [-0.1, -0.05) is 139 Å². The van der Waals surface area contributed by atoms with Crippen molar-refractivity contribution >= 4 is 70.4 Å². The van der Waals surface area contributed by atoms with Crippen LogP contribution in [0.4, 0.5) is 5.69 Å². The van der Waals surface area contributed by atoms with Gasteiger partial charge >= 0.3 is 17.9 Å². The number of aryl methyl sites for hydroxylation is 1. The minimum absolute atomic E-state index is 0.0253. The third kappa shape index (κ3) is 17.8. The highest BCUT2D eigenvalue weighted by atomic mass is 32.1. The molecule has 0 aliphatic carbocycles. The first-order chi connectivity index (χ1) is 36.9. The predicted octanol–water partition coefficient (Wildman–Crippen LogP) is 5.02. The second-order valence-corrected chi connectivity index (χ2v) is 19.2. The van der Waals surface area contributed by atoms with Gasteiger partial charge in [-0.2, -0.15) is 0 Å². The van der Waals surface area contributed by atoms with Crippen LogP contribution in [0.2, 0.25) is 0 Å². The Balaban J connectivity index is 1.29. The van der Waals surface area contributed by atoms with E-state index in [0.29, 0.717) is 21.6 Å². The van der Waals surface area contributed by atoms with Crippen molar-refractivity contribution in [2.75, 3.05) is 5.32 Å². The Morgan fingerprint density at radius 2 is 0.883 bits per heavy atom. The van der Waals surface area contributed by atoms with Crippen molar-refractivity contribution in [3.05, 3.63) is 184 Å². The van der Waals surface area contributed by atoms with Crippen molar-refractivity contribution in [3.63, 3.8) is 0 Å². The normalized spacial score (nSPS) is 13.6. The van der Waals surface area contributed by atoms with Crippen LogP contribution in [0.25, 0.3) is 11.1 Å². The smallest absolute Gasteiger partial charge is 0.326 e. The van der Waals surface area contributed by atoms with E-state index < -0.39 is 95.8 Å². The molecule has 6 amide bonds. The summed E-state index contributed by atoms with van der Waals surface area (Å²) >= 11 is 1.26. The Hall–Kier alpha value is -8.97. The standard InChI is InChI=1S/C58H60N6O12S/c1-35-22-28-44(29-23-35)60-56(71)50(75-37(3)65)51(76-38(4)66)57(72)63-48(34-45-21-14-30-77-45)55(70)62-47(32-41-24-26-43(27-25-41)42-19-12-7-13-20-42)54(69)61-46(31-39-15-8-5-9-16-39)53(68)59-36(2)52(67)64-49(58(73)74)33-40-17-10-6-11-18-40/h5-30,36,46-51H,31-34H2,1-4H3,(H,59,68)(H,60,71)(H,61,69)(H,62,70)(H,63,72)(H,64,67)(H,73,74). The number of rotatable bonds is 25. The molecule has 0 aliphatic rings. The molecule has 0 bridgehead atoms. The van der Waals surface area contributed by atoms with Crippen LogP contribution in [0.5, 0.6) is 0 Å². The zero-order valence-electron chi connectivity index (χ0n) is 42.7. The number of hydrogen-bond donors (Lipinski definition) is 7. The molecular weight excluding hydrogens is 1000 g/mol. The van der Waals surface area contributed by atoms with E-state index >= 15 is 0 Å². The minimum Gasteiger partial charge on any atom is -0.480 e. The van der Waals surface area contributed by atoms with Gasteiger partial charge in [0.15, 0.2) is 0 Å². The summed E-state index contributed by atoms with van der Waals surface area (Å²) in [4.78, 5) is 123. The van der Waals surface area contributed by atoms with Crippen molar-refractivity contribution in [1.82, 2.24) is 26.6 Å². The zero-order chi connectivity index (χ0) is 55.4. The second-order valence-electron chi connectivity index (χ2n) is 18.2. The van der Waals surface area contributed by atoms with Crippen molar-refractivity contribution < 1.29 is 57.7 Å². The molecule has 0 fully saturated rings. The van der Waals surface area contributed by atoms with E-state index in [1.807, 2.05) is 49.4 Å². The first-order valence-corrected chi connectivity index (χ1v) is 25.5. The first-order valence-electron chi connectivity index (χ1n) is 24.6. The number of esters is 2. The summed E-state index contributed by atoms with van der Waals surface area (Å²) < 4.78 is 10.7. The van der Waals surface area contributed by atoms with Gasteiger partial charge in [0, 0.05) is 50.1 Å². The molecule has 18 nitrogen and oxygen atoms in total. The summed E-state index contributed by atoms with van der Waals surface area (Å²) in [5.41, 5.74) is 4.82. The number of aliphatic carboxylic acids is 1. The number of carboxylic acid groups (broad SMARTS) is 1. The molecule has 7 atom stereocenters. The van der Waals surface area contributed by atoms with Gasteiger partial charge in [-0.3, -0.25) is 38.4 Å². The summed E-state index contributed by atoms with van der Waals surface area (Å²) in [6, 6.07) is 37.2. The average Bonchev–Trinajstić information content (AvgIpc) is 3.93. The third-order valence-corrected chi connectivity index (χ3v) is 12.9. The van der Waals surface area contributed by atoms with E-state index in [0.717, 1.165) is 30.5 Å². The SMILES string of the molecule is CC(=O)OC(C(=O)Nc1ccc(C)cc1)C(OC(C)=O)C(=O)NC(Cc1cccs1)C(=O)NC(Cc1ccc(-c2ccccc2)cc1)C(=O)NC(Cc1ccccc1)C(=O)NC(C)C(=O)NC(Cc1ccccc1)C(=O)O. The van der Waals surface area contributed by atoms with E-state index in [9.17, 15) is 48.3 Å². The third-order valence-electron chi connectivity index (χ3n) is 12.0. The van der Waals surface area contributed by atoms with Crippen molar-refractivity contribution in [2.24, 2.45) is 0 Å². The molecule has 400 valence electrons. The minimum atomic E-state index is -2.11. The maximum Gasteiger partial charge on any atom is 0.326 e. The van der Waals surface area contributed by atoms with Crippen LogP contribution >= 0.6 is 11.3 Å². The molecule has 1 aromatic heterocycles. The topological polar surface area (TPSA) is 264 Å². The van der Waals surface area contributed by atoms with Crippen LogP contribution in [0.15, 0.2) is 157 Å². The van der Waals surface area contributed by atoms with Crippen molar-refractivity contribution in [1.29, 1.82) is 0 Å². The quantitative estimate of drug-likeness (QED) is 0.0373. The second kappa shape index (κ2) is 28.1. The van der Waals surface area contributed by atoms with Gasteiger partial charge in [0.1, 0.15) is 30.2 Å². The summed E-state index contributed by atoms with van der Waals surface area (Å²) in [5, 5.41) is 27.5. The molecule has 0 saturated heterocycles. The molecule has 1 heterocycles. The predicted molar refractivity (Wildman–Crippen MR) is 288 cm³/mol. The molecule has 0 radical (unpaired) electrons. The fourth-order valence-corrected chi connectivity index (χ4v) is 8.80. The number of nitrogens with one attached hydrogen (secondary N) is 6. The number of ether oxygens (including phenoxy) is 2. The van der Waals surface area contributed by atoms with E-state index in [1.54, 1.807) is 115 Å². The van der Waals surface area contributed by atoms with E-state index in [2.05, 4.69) is 31.9 Å². The molecule has 0 saturated carbocycles. The van der Waals surface area contributed by atoms with Gasteiger partial charge in [-0.15, -0.1) is 11.3 Å². The van der Waals surface area contributed by atoms with E-state index in [-0.39, 0.29) is 31.4 Å². The number of hydrogen-bond acceptors (Lipinski definition) is 12. The zero-order valence-corrected chi connectivity index (χ0v) is 43.5. The van der Waals surface area contributed by atoms with Crippen LogP contribution in [-0.2, 0) is 78.3 Å². The van der Waals surface area contributed by atoms with Crippen LogP contribution < -0.4 is 31.9 Å². The van der Waals surface area contributed by atoms with Crippen molar-refractivity contribution in [3.8, 4) is 11.1 Å². The lowest BCUT2D eigenvalue weighted by Gasteiger charge is -2.28. The number of thiophene rings is 1. The van der Waals surface area contributed by atoms with Gasteiger partial charge in [0.2, 0.25) is 35.8 Å². The largest absolute Gasteiger partial charge is 0.480 e. The average molecular weight is 1070 g/mol. The molecule has 6 aromatic rings. The molecule has 7 unspecified atom stereocenters. The Morgan fingerprint density at radius 1 is 0.455 bits per heavy atom. The van der Waals surface area contributed by atoms with Gasteiger partial charge in [0.05, 0.1) is 0 Å². The number of benzene rings is 5. The molecule has 0 aliphatic heterocycles. The Kier molecular flexibility index (Phi) is 20.9. The lowest BCUT2D eigenvalue weighted by molar-refractivity contribution is -0.173. The Morgan fingerprint density at radius 3 is 1.38 bits per heavy atom. The number of carbonyl (C=O) groups is 9. The fraction of sp³-hybridized carbons (Fsp3) is 0.259. The summed E-state index contributed by atoms with van der Waals surface area (Å²) in [6.07, 6.45) is -4.56. The molecule has 6 rings (SSSR count). The molecular formula is C58H60N6O12S. The van der Waals surface area contributed by atoms with Gasteiger partial charge in [-0.25, -0.2) is 4.79 Å². The maximum atomic E-state index is 14.8. The van der Waals surface area contributed by atoms with Crippen LogP contribution in [0.1, 0.15) is 47.9 Å². The van der Waals surface area contributed by atoms with Gasteiger partial charge in [-0.05, 0) is 65.2 Å². The maximum absolute atomic E-state index is 14.8. The molecule has 7 N–H and O–H groups in total. The Labute approximate surface area is 449 Å². The molecule has 5 aromatic carbocycles. The van der Waals surface area contributed by atoms with Crippen LogP contribution in [-0.4, -0.2) is 101 Å². The van der Waals surface area contributed by atoms with Gasteiger partial charge in [0.25, 0.3) is 11.8 Å². The first kappa shape index (κ1) is 57.3. The van der Waals surface area contributed by atoms with Crippen molar-refractivity contribution in [2.45, 2.75) is 95.8 Å². The van der Waals surface area contributed by atoms with Crippen LogP contribution in [0.3, 0.4) is 0 Å². The molecule has 0 spiro atoms. The lowest BCUT2D eigenvalue weighted by atomic mass is 9.99.